The van der Waals surface area contributed by atoms with Gasteiger partial charge in [0.2, 0.25) is 0 Å². The van der Waals surface area contributed by atoms with Crippen LogP contribution in [0.2, 0.25) is 0 Å². The summed E-state index contributed by atoms with van der Waals surface area (Å²) in [6.07, 6.45) is 5.10. The van der Waals surface area contributed by atoms with Crippen LogP contribution < -0.4 is 0 Å². The third-order valence-electron chi connectivity index (χ3n) is 4.15. The summed E-state index contributed by atoms with van der Waals surface area (Å²) in [5.41, 5.74) is 0. The Hall–Kier alpha value is -0.120. The second kappa shape index (κ2) is 5.99. The Labute approximate surface area is 99.4 Å². The van der Waals surface area contributed by atoms with Crippen molar-refractivity contribution in [3.05, 3.63) is 0 Å². The molecule has 0 aromatic carbocycles. The number of likely N-dealkylation sites (tertiary alicyclic amines) is 2. The number of aliphatic hydroxyl groups is 1. The van der Waals surface area contributed by atoms with Gasteiger partial charge < -0.3 is 14.9 Å². The summed E-state index contributed by atoms with van der Waals surface area (Å²) in [6, 6.07) is 0. The van der Waals surface area contributed by atoms with Gasteiger partial charge in [-0.2, -0.15) is 0 Å². The van der Waals surface area contributed by atoms with Crippen LogP contribution in [0.3, 0.4) is 0 Å². The number of nitrogens with zero attached hydrogens (tertiary/aromatic N) is 2. The topological polar surface area (TPSA) is 26.7 Å². The maximum atomic E-state index is 9.81. The molecule has 94 valence electrons. The van der Waals surface area contributed by atoms with E-state index in [-0.39, 0.29) is 6.10 Å². The van der Waals surface area contributed by atoms with Gasteiger partial charge in [0, 0.05) is 6.54 Å². The zero-order chi connectivity index (χ0) is 11.4. The molecule has 2 unspecified atom stereocenters. The number of hydrogen-bond donors (Lipinski definition) is 1. The largest absolute Gasteiger partial charge is 0.392 e. The molecule has 2 heterocycles. The first-order valence-electron chi connectivity index (χ1n) is 6.88. The fourth-order valence-corrected chi connectivity index (χ4v) is 2.84. The van der Waals surface area contributed by atoms with Crippen molar-refractivity contribution in [2.75, 3.05) is 39.3 Å². The van der Waals surface area contributed by atoms with Crippen molar-refractivity contribution in [2.24, 2.45) is 5.92 Å². The third-order valence-corrected chi connectivity index (χ3v) is 4.15. The minimum Gasteiger partial charge on any atom is -0.392 e. The Morgan fingerprint density at radius 3 is 2.44 bits per heavy atom. The Morgan fingerprint density at radius 2 is 1.75 bits per heavy atom. The van der Waals surface area contributed by atoms with Gasteiger partial charge in [0.1, 0.15) is 0 Å². The molecule has 16 heavy (non-hydrogen) atoms. The summed E-state index contributed by atoms with van der Waals surface area (Å²) in [4.78, 5) is 5.00. The standard InChI is InChI=1S/C13H26N2O/c1-12-5-10-15(11-13(12)16)9-4-8-14-6-2-3-7-14/h12-13,16H,2-11H2,1H3. The van der Waals surface area contributed by atoms with E-state index in [4.69, 9.17) is 0 Å². The molecular weight excluding hydrogens is 200 g/mol. The van der Waals surface area contributed by atoms with E-state index in [9.17, 15) is 5.11 Å². The third kappa shape index (κ3) is 3.44. The molecule has 0 amide bonds. The molecule has 3 heteroatoms. The molecule has 0 aromatic rings. The van der Waals surface area contributed by atoms with Crippen LogP contribution in [0.25, 0.3) is 0 Å². The van der Waals surface area contributed by atoms with Crippen LogP contribution in [-0.4, -0.2) is 60.3 Å². The van der Waals surface area contributed by atoms with Crippen molar-refractivity contribution in [1.82, 2.24) is 9.80 Å². The van der Waals surface area contributed by atoms with Gasteiger partial charge in [-0.25, -0.2) is 0 Å². The molecule has 0 aromatic heterocycles. The number of β-amino-alcohol motifs (C(OH)–C–C–N with tert-alkyl or cyclic N) is 1. The molecular formula is C13H26N2O. The van der Waals surface area contributed by atoms with Crippen LogP contribution in [0.1, 0.15) is 32.6 Å². The molecule has 0 bridgehead atoms. The molecule has 2 aliphatic rings. The highest BCUT2D eigenvalue weighted by molar-refractivity contribution is 4.77. The summed E-state index contributed by atoms with van der Waals surface area (Å²) < 4.78 is 0. The lowest BCUT2D eigenvalue weighted by Gasteiger charge is -2.34. The van der Waals surface area contributed by atoms with E-state index in [1.54, 1.807) is 0 Å². The van der Waals surface area contributed by atoms with Gasteiger partial charge >= 0.3 is 0 Å². The molecule has 2 atom stereocenters. The molecule has 0 spiro atoms. The molecule has 2 rings (SSSR count). The van der Waals surface area contributed by atoms with Crippen molar-refractivity contribution >= 4 is 0 Å². The Balaban J connectivity index is 1.59. The highest BCUT2D eigenvalue weighted by atomic mass is 16.3. The second-order valence-corrected chi connectivity index (χ2v) is 5.54. The minimum atomic E-state index is -0.0967. The molecule has 2 fully saturated rings. The van der Waals surface area contributed by atoms with Crippen molar-refractivity contribution in [3.8, 4) is 0 Å². The van der Waals surface area contributed by atoms with Gasteiger partial charge in [0.15, 0.2) is 0 Å². The maximum absolute atomic E-state index is 9.81. The summed E-state index contributed by atoms with van der Waals surface area (Å²) in [5.74, 6) is 0.495. The highest BCUT2D eigenvalue weighted by Gasteiger charge is 2.23. The van der Waals surface area contributed by atoms with Crippen LogP contribution >= 0.6 is 0 Å². The first-order valence-corrected chi connectivity index (χ1v) is 6.88. The van der Waals surface area contributed by atoms with Crippen molar-refractivity contribution < 1.29 is 5.11 Å². The summed E-state index contributed by atoms with van der Waals surface area (Å²) in [5, 5.41) is 9.81. The van der Waals surface area contributed by atoms with E-state index in [0.29, 0.717) is 5.92 Å². The quantitative estimate of drug-likeness (QED) is 0.779. The van der Waals surface area contributed by atoms with Gasteiger partial charge in [0.25, 0.3) is 0 Å². The summed E-state index contributed by atoms with van der Waals surface area (Å²) in [7, 11) is 0. The van der Waals surface area contributed by atoms with Gasteiger partial charge in [-0.1, -0.05) is 6.92 Å². The fourth-order valence-electron chi connectivity index (χ4n) is 2.84. The predicted octanol–water partition coefficient (Wildman–Crippen LogP) is 1.18. The highest BCUT2D eigenvalue weighted by Crippen LogP contribution is 2.17. The van der Waals surface area contributed by atoms with E-state index in [1.165, 1.54) is 52.0 Å². The summed E-state index contributed by atoms with van der Waals surface area (Å²) in [6.45, 7) is 9.26. The average Bonchev–Trinajstić information content (AvgIpc) is 2.76. The monoisotopic (exact) mass is 226 g/mol. The van der Waals surface area contributed by atoms with E-state index >= 15 is 0 Å². The molecule has 0 radical (unpaired) electrons. The zero-order valence-electron chi connectivity index (χ0n) is 10.6. The number of piperidine rings is 1. The first kappa shape index (κ1) is 12.3. The lowest BCUT2D eigenvalue weighted by molar-refractivity contribution is 0.0280. The number of rotatable bonds is 4. The normalized spacial score (nSPS) is 33.4. The second-order valence-electron chi connectivity index (χ2n) is 5.54. The maximum Gasteiger partial charge on any atom is 0.0693 e. The lowest BCUT2D eigenvalue weighted by Crippen LogP contribution is -2.43. The smallest absolute Gasteiger partial charge is 0.0693 e. The number of hydrogen-bond acceptors (Lipinski definition) is 3. The zero-order valence-corrected chi connectivity index (χ0v) is 10.6. The summed E-state index contributed by atoms with van der Waals surface area (Å²) >= 11 is 0. The van der Waals surface area contributed by atoms with E-state index < -0.39 is 0 Å². The van der Waals surface area contributed by atoms with Crippen LogP contribution in [0.4, 0.5) is 0 Å². The van der Waals surface area contributed by atoms with E-state index in [2.05, 4.69) is 16.7 Å². The molecule has 0 aliphatic carbocycles. The molecule has 2 aliphatic heterocycles. The average molecular weight is 226 g/mol. The van der Waals surface area contributed by atoms with Gasteiger partial charge in [-0.05, 0) is 64.3 Å². The number of aliphatic hydroxyl groups excluding tert-OH is 1. The first-order chi connectivity index (χ1) is 7.75. The predicted molar refractivity (Wildman–Crippen MR) is 66.5 cm³/mol. The SMILES string of the molecule is CC1CCN(CCCN2CCCC2)CC1O. The van der Waals surface area contributed by atoms with Crippen LogP contribution in [-0.2, 0) is 0 Å². The fraction of sp³-hybridized carbons (Fsp3) is 1.00. The van der Waals surface area contributed by atoms with Gasteiger partial charge in [0.05, 0.1) is 6.10 Å². The molecule has 1 N–H and O–H groups in total. The van der Waals surface area contributed by atoms with Crippen LogP contribution in [0.15, 0.2) is 0 Å². The molecule has 0 saturated carbocycles. The lowest BCUT2D eigenvalue weighted by atomic mass is 9.96. The Bertz CT molecular complexity index is 204. The van der Waals surface area contributed by atoms with Crippen molar-refractivity contribution in [3.63, 3.8) is 0 Å². The van der Waals surface area contributed by atoms with E-state index in [0.717, 1.165) is 13.0 Å². The van der Waals surface area contributed by atoms with Crippen LogP contribution in [0.5, 0.6) is 0 Å². The molecule has 2 saturated heterocycles. The van der Waals surface area contributed by atoms with Crippen LogP contribution in [0, 0.1) is 5.92 Å². The van der Waals surface area contributed by atoms with Gasteiger partial charge in [-0.3, -0.25) is 0 Å². The Morgan fingerprint density at radius 1 is 1.06 bits per heavy atom. The van der Waals surface area contributed by atoms with Crippen molar-refractivity contribution in [1.29, 1.82) is 0 Å². The van der Waals surface area contributed by atoms with Crippen molar-refractivity contribution in [2.45, 2.75) is 38.7 Å². The van der Waals surface area contributed by atoms with Gasteiger partial charge in [-0.15, -0.1) is 0 Å². The van der Waals surface area contributed by atoms with E-state index in [1.807, 2.05) is 0 Å². The Kier molecular flexibility index (Phi) is 4.62. The molecule has 3 nitrogen and oxygen atoms in total. The minimum absolute atomic E-state index is 0.0967.